The Kier molecular flexibility index (Phi) is 3.31. The van der Waals surface area contributed by atoms with Crippen LogP contribution in [0.4, 0.5) is 0 Å². The van der Waals surface area contributed by atoms with Crippen LogP contribution in [0.25, 0.3) is 6.08 Å². The van der Waals surface area contributed by atoms with Gasteiger partial charge in [-0.25, -0.2) is 0 Å². The van der Waals surface area contributed by atoms with Crippen LogP contribution in [0, 0.1) is 0 Å². The molecule has 0 atom stereocenters. The molecule has 0 spiro atoms. The highest BCUT2D eigenvalue weighted by atomic mass is 16.1. The zero-order valence-corrected chi connectivity index (χ0v) is 11.4. The van der Waals surface area contributed by atoms with E-state index in [0.717, 1.165) is 11.3 Å². The lowest BCUT2D eigenvalue weighted by molar-refractivity contribution is 0.0951. The average Bonchev–Trinajstić information content (AvgIpc) is 2.91. The summed E-state index contributed by atoms with van der Waals surface area (Å²) in [5.41, 5.74) is 8.18. The minimum Gasteiger partial charge on any atom is -0.365 e. The third-order valence-corrected chi connectivity index (χ3v) is 3.47. The largest absolute Gasteiger partial charge is 0.365 e. The van der Waals surface area contributed by atoms with Crippen molar-refractivity contribution in [1.29, 1.82) is 0 Å². The third kappa shape index (κ3) is 2.72. The Morgan fingerprint density at radius 1 is 1.24 bits per heavy atom. The van der Waals surface area contributed by atoms with E-state index in [9.17, 15) is 9.59 Å². The summed E-state index contributed by atoms with van der Waals surface area (Å²) < 4.78 is 0. The summed E-state index contributed by atoms with van der Waals surface area (Å²) in [6.45, 7) is 0.880. The van der Waals surface area contributed by atoms with E-state index in [1.165, 1.54) is 0 Å². The number of benzene rings is 1. The van der Waals surface area contributed by atoms with Crippen LogP contribution in [0.5, 0.6) is 0 Å². The van der Waals surface area contributed by atoms with Crippen LogP contribution in [-0.2, 0) is 6.54 Å². The molecule has 106 valence electrons. The van der Waals surface area contributed by atoms with Gasteiger partial charge in [0.25, 0.3) is 5.91 Å². The predicted octanol–water partition coefficient (Wildman–Crippen LogP) is 1.78. The van der Waals surface area contributed by atoms with Crippen molar-refractivity contribution >= 4 is 17.8 Å². The summed E-state index contributed by atoms with van der Waals surface area (Å²) in [7, 11) is 0. The Morgan fingerprint density at radius 2 is 2.00 bits per heavy atom. The van der Waals surface area contributed by atoms with Crippen LogP contribution in [0.1, 0.15) is 32.1 Å². The maximum atomic E-state index is 12.2. The number of ketones is 1. The fraction of sp³-hybridized carbons (Fsp3) is 0.125. The summed E-state index contributed by atoms with van der Waals surface area (Å²) in [4.78, 5) is 28.2. The fourth-order valence-electron chi connectivity index (χ4n) is 2.39. The van der Waals surface area contributed by atoms with Gasteiger partial charge >= 0.3 is 0 Å². The summed E-state index contributed by atoms with van der Waals surface area (Å²) in [6.07, 6.45) is 3.70. The number of carbonyl (C=O) groups excluding carboxylic acids is 2. The van der Waals surface area contributed by atoms with Crippen molar-refractivity contribution in [2.75, 3.05) is 6.54 Å². The standard InChI is InChI=1S/C16H15N3O2/c17-16(21)14-8-12-9-19(7-6-13(12)18-14)10-15(20)11-4-2-1-3-5-11/h1-8,18H,9-10H2,(H2,17,21). The summed E-state index contributed by atoms with van der Waals surface area (Å²) in [6, 6.07) is 10.9. The van der Waals surface area contributed by atoms with Gasteiger partial charge in [-0.15, -0.1) is 0 Å². The van der Waals surface area contributed by atoms with Crippen LogP contribution in [0.2, 0.25) is 0 Å². The lowest BCUT2D eigenvalue weighted by atomic mass is 10.1. The number of nitrogens with two attached hydrogens (primary N) is 1. The summed E-state index contributed by atoms with van der Waals surface area (Å²) in [5.74, 6) is -0.418. The smallest absolute Gasteiger partial charge is 0.265 e. The number of nitrogens with one attached hydrogen (secondary N) is 1. The van der Waals surface area contributed by atoms with Gasteiger partial charge in [0.05, 0.1) is 6.54 Å². The van der Waals surface area contributed by atoms with E-state index in [2.05, 4.69) is 4.98 Å². The normalized spacial score (nSPS) is 13.0. The van der Waals surface area contributed by atoms with E-state index in [1.54, 1.807) is 6.07 Å². The first-order chi connectivity index (χ1) is 10.1. The first kappa shape index (κ1) is 13.2. The molecule has 2 aromatic rings. The molecule has 0 aliphatic carbocycles. The van der Waals surface area contributed by atoms with Crippen LogP contribution in [0.3, 0.4) is 0 Å². The molecule has 5 nitrogen and oxygen atoms in total. The number of H-pyrrole nitrogens is 1. The predicted molar refractivity (Wildman–Crippen MR) is 79.5 cm³/mol. The molecule has 3 rings (SSSR count). The second-order valence-electron chi connectivity index (χ2n) is 5.00. The number of amides is 1. The molecule has 1 aliphatic rings. The van der Waals surface area contributed by atoms with Gasteiger partial charge in [0.1, 0.15) is 5.69 Å². The molecule has 1 aliphatic heterocycles. The molecule has 1 amide bonds. The van der Waals surface area contributed by atoms with Crippen LogP contribution < -0.4 is 5.73 Å². The average molecular weight is 281 g/mol. The monoisotopic (exact) mass is 281 g/mol. The molecule has 2 heterocycles. The molecule has 0 fully saturated rings. The highest BCUT2D eigenvalue weighted by molar-refractivity contribution is 5.97. The number of Topliss-reactive ketones (excluding diaryl/α,β-unsaturated/α-hetero) is 1. The summed E-state index contributed by atoms with van der Waals surface area (Å²) >= 11 is 0. The van der Waals surface area contributed by atoms with Crippen molar-refractivity contribution in [3.05, 3.63) is 65.1 Å². The van der Waals surface area contributed by atoms with Crippen molar-refractivity contribution in [2.24, 2.45) is 5.73 Å². The molecule has 0 saturated heterocycles. The molecule has 1 aromatic heterocycles. The van der Waals surface area contributed by atoms with Gasteiger partial charge in [-0.05, 0) is 17.7 Å². The Hall–Kier alpha value is -2.82. The lowest BCUT2D eigenvalue weighted by Crippen LogP contribution is -2.26. The molecule has 5 heteroatoms. The van der Waals surface area contributed by atoms with E-state index in [1.807, 2.05) is 47.5 Å². The zero-order chi connectivity index (χ0) is 14.8. The number of aromatic amines is 1. The second-order valence-corrected chi connectivity index (χ2v) is 5.00. The number of hydrogen-bond donors (Lipinski definition) is 2. The molecule has 1 aromatic carbocycles. The number of rotatable bonds is 4. The first-order valence-electron chi connectivity index (χ1n) is 6.65. The molecule has 21 heavy (non-hydrogen) atoms. The number of nitrogens with zero attached hydrogens (tertiary/aromatic N) is 1. The Balaban J connectivity index is 1.72. The zero-order valence-electron chi connectivity index (χ0n) is 11.4. The van der Waals surface area contributed by atoms with Gasteiger partial charge < -0.3 is 15.6 Å². The second kappa shape index (κ2) is 5.28. The summed E-state index contributed by atoms with van der Waals surface area (Å²) in [5, 5.41) is 0. The molecule has 0 radical (unpaired) electrons. The first-order valence-corrected chi connectivity index (χ1v) is 6.65. The Bertz CT molecular complexity index is 716. The lowest BCUT2D eigenvalue weighted by Gasteiger charge is -2.22. The fourth-order valence-corrected chi connectivity index (χ4v) is 2.39. The minimum absolute atomic E-state index is 0.0642. The highest BCUT2D eigenvalue weighted by Gasteiger charge is 2.17. The third-order valence-electron chi connectivity index (χ3n) is 3.47. The SMILES string of the molecule is NC(=O)c1cc2c([nH]1)C=CN(CC(=O)c1ccccc1)C2. The van der Waals surface area contributed by atoms with E-state index < -0.39 is 5.91 Å². The Morgan fingerprint density at radius 3 is 2.71 bits per heavy atom. The molecule has 0 unspecified atom stereocenters. The van der Waals surface area contributed by atoms with Crippen molar-refractivity contribution in [1.82, 2.24) is 9.88 Å². The maximum Gasteiger partial charge on any atom is 0.265 e. The maximum absolute atomic E-state index is 12.2. The minimum atomic E-state index is -0.482. The van der Waals surface area contributed by atoms with Gasteiger partial charge in [0, 0.05) is 24.0 Å². The molecular weight excluding hydrogens is 266 g/mol. The number of fused-ring (bicyclic) bond motifs is 1. The highest BCUT2D eigenvalue weighted by Crippen LogP contribution is 2.20. The van der Waals surface area contributed by atoms with Crippen molar-refractivity contribution in [2.45, 2.75) is 6.54 Å². The number of primary amides is 1. The van der Waals surface area contributed by atoms with Crippen molar-refractivity contribution in [3.63, 3.8) is 0 Å². The molecule has 0 saturated carbocycles. The van der Waals surface area contributed by atoms with Crippen molar-refractivity contribution in [3.8, 4) is 0 Å². The van der Waals surface area contributed by atoms with Crippen LogP contribution >= 0.6 is 0 Å². The quantitative estimate of drug-likeness (QED) is 0.838. The van der Waals surface area contributed by atoms with Crippen LogP contribution in [0.15, 0.2) is 42.6 Å². The number of hydrogen-bond acceptors (Lipinski definition) is 3. The van der Waals surface area contributed by atoms with Gasteiger partial charge in [0.15, 0.2) is 5.78 Å². The Labute approximate surface area is 122 Å². The molecule has 3 N–H and O–H groups in total. The van der Waals surface area contributed by atoms with Gasteiger partial charge in [-0.3, -0.25) is 9.59 Å². The van der Waals surface area contributed by atoms with E-state index in [4.69, 9.17) is 5.73 Å². The topological polar surface area (TPSA) is 79.2 Å². The van der Waals surface area contributed by atoms with Crippen molar-refractivity contribution < 1.29 is 9.59 Å². The molecular formula is C16H15N3O2. The van der Waals surface area contributed by atoms with E-state index >= 15 is 0 Å². The van der Waals surface area contributed by atoms with Gasteiger partial charge in [-0.2, -0.15) is 0 Å². The number of carbonyl (C=O) groups is 2. The van der Waals surface area contributed by atoms with Gasteiger partial charge in [-0.1, -0.05) is 30.3 Å². The van der Waals surface area contributed by atoms with E-state index in [-0.39, 0.29) is 5.78 Å². The number of aromatic nitrogens is 1. The van der Waals surface area contributed by atoms with E-state index in [0.29, 0.717) is 24.3 Å². The molecule has 0 bridgehead atoms. The van der Waals surface area contributed by atoms with Crippen LogP contribution in [-0.4, -0.2) is 28.1 Å². The van der Waals surface area contributed by atoms with Gasteiger partial charge in [0.2, 0.25) is 0 Å².